The summed E-state index contributed by atoms with van der Waals surface area (Å²) in [5.41, 5.74) is 6.22. The summed E-state index contributed by atoms with van der Waals surface area (Å²) in [6, 6.07) is 4.49. The van der Waals surface area contributed by atoms with Crippen LogP contribution < -0.4 is 21.9 Å². The molecule has 1 aromatic heterocycles. The van der Waals surface area contributed by atoms with Crippen LogP contribution in [0.2, 0.25) is 0 Å². The average Bonchev–Trinajstić information content (AvgIpc) is 2.63. The zero-order chi connectivity index (χ0) is 18.5. The lowest BCUT2D eigenvalue weighted by molar-refractivity contribution is -0.136. The van der Waals surface area contributed by atoms with E-state index in [0.29, 0.717) is 29.7 Å². The maximum absolute atomic E-state index is 12.9. The third kappa shape index (κ3) is 3.72. The van der Waals surface area contributed by atoms with Crippen LogP contribution in [0.3, 0.4) is 0 Å². The van der Waals surface area contributed by atoms with Crippen molar-refractivity contribution in [2.45, 2.75) is 38.1 Å². The van der Waals surface area contributed by atoms with Gasteiger partial charge in [0.2, 0.25) is 5.91 Å². The minimum Gasteiger partial charge on any atom is -0.384 e. The van der Waals surface area contributed by atoms with Crippen LogP contribution in [0.15, 0.2) is 23.0 Å². The van der Waals surface area contributed by atoms with Crippen LogP contribution in [-0.2, 0) is 9.59 Å². The first kappa shape index (κ1) is 18.0. The highest BCUT2D eigenvalue weighted by molar-refractivity contribution is 5.99. The van der Waals surface area contributed by atoms with E-state index in [1.165, 1.54) is 0 Å². The van der Waals surface area contributed by atoms with Gasteiger partial charge in [-0.05, 0) is 37.9 Å². The Morgan fingerprint density at radius 1 is 1.23 bits per heavy atom. The minimum atomic E-state index is -0.824. The number of carbonyl (C=O) groups is 2. The standard InChI is InChI=1S/C17H22N6O3/c18-9-2-1-3-10-19-11-5-4-6-12-15(11)17(26)23(22-21-12)13-7-8-14(24)20-16(13)25/h4-6,13,19H,1-3,7-10,18H2,(H,20,24,25). The summed E-state index contributed by atoms with van der Waals surface area (Å²) in [5, 5.41) is 13.9. The summed E-state index contributed by atoms with van der Waals surface area (Å²) in [7, 11) is 0. The first-order valence-corrected chi connectivity index (χ1v) is 8.77. The zero-order valence-electron chi connectivity index (χ0n) is 14.4. The molecule has 1 aromatic carbocycles. The van der Waals surface area contributed by atoms with Gasteiger partial charge in [0.15, 0.2) is 0 Å². The van der Waals surface area contributed by atoms with E-state index in [9.17, 15) is 14.4 Å². The topological polar surface area (TPSA) is 132 Å². The number of benzene rings is 1. The lowest BCUT2D eigenvalue weighted by Gasteiger charge is -2.21. The molecule has 1 fully saturated rings. The van der Waals surface area contributed by atoms with Crippen molar-refractivity contribution in [2.75, 3.05) is 18.4 Å². The Hall–Kier alpha value is -2.81. The fourth-order valence-corrected chi connectivity index (χ4v) is 3.04. The van der Waals surface area contributed by atoms with Crippen molar-refractivity contribution >= 4 is 28.4 Å². The van der Waals surface area contributed by atoms with Gasteiger partial charge in [0, 0.05) is 18.7 Å². The van der Waals surface area contributed by atoms with Crippen LogP contribution in [-0.4, -0.2) is 39.9 Å². The van der Waals surface area contributed by atoms with Crippen molar-refractivity contribution in [1.29, 1.82) is 0 Å². The number of nitrogens with zero attached hydrogens (tertiary/aromatic N) is 3. The molecule has 9 nitrogen and oxygen atoms in total. The second-order valence-electron chi connectivity index (χ2n) is 6.28. The van der Waals surface area contributed by atoms with Gasteiger partial charge in [-0.1, -0.05) is 17.7 Å². The summed E-state index contributed by atoms with van der Waals surface area (Å²) in [6.07, 6.45) is 3.32. The molecule has 2 heterocycles. The third-order valence-electron chi connectivity index (χ3n) is 4.41. The fourth-order valence-electron chi connectivity index (χ4n) is 3.04. The van der Waals surface area contributed by atoms with Crippen LogP contribution in [0, 0.1) is 0 Å². The molecule has 4 N–H and O–H groups in total. The second kappa shape index (κ2) is 8.05. The average molecular weight is 358 g/mol. The lowest BCUT2D eigenvalue weighted by Crippen LogP contribution is -2.45. The molecule has 3 rings (SSSR count). The summed E-state index contributed by atoms with van der Waals surface area (Å²) < 4.78 is 1.07. The number of imide groups is 1. The molecular weight excluding hydrogens is 336 g/mol. The van der Waals surface area contributed by atoms with Gasteiger partial charge in [0.1, 0.15) is 11.6 Å². The predicted molar refractivity (Wildman–Crippen MR) is 96.6 cm³/mol. The Bertz CT molecular complexity index is 878. The Morgan fingerprint density at radius 2 is 2.08 bits per heavy atom. The molecule has 1 aliphatic heterocycles. The van der Waals surface area contributed by atoms with Crippen LogP contribution >= 0.6 is 0 Å². The van der Waals surface area contributed by atoms with Crippen molar-refractivity contribution in [3.8, 4) is 0 Å². The second-order valence-corrected chi connectivity index (χ2v) is 6.28. The first-order chi connectivity index (χ1) is 12.6. The molecule has 9 heteroatoms. The molecule has 138 valence electrons. The van der Waals surface area contributed by atoms with E-state index in [1.807, 2.05) is 6.07 Å². The molecular formula is C17H22N6O3. The number of nitrogens with two attached hydrogens (primary N) is 1. The highest BCUT2D eigenvalue weighted by Crippen LogP contribution is 2.20. The van der Waals surface area contributed by atoms with Gasteiger partial charge in [-0.25, -0.2) is 0 Å². The molecule has 1 saturated heterocycles. The van der Waals surface area contributed by atoms with Crippen LogP contribution in [0.25, 0.3) is 10.9 Å². The van der Waals surface area contributed by atoms with E-state index in [-0.39, 0.29) is 18.7 Å². The molecule has 1 atom stereocenters. The van der Waals surface area contributed by atoms with E-state index < -0.39 is 17.5 Å². The van der Waals surface area contributed by atoms with Gasteiger partial charge in [-0.3, -0.25) is 19.7 Å². The van der Waals surface area contributed by atoms with E-state index >= 15 is 0 Å². The zero-order valence-corrected chi connectivity index (χ0v) is 14.4. The molecule has 0 bridgehead atoms. The number of fused-ring (bicyclic) bond motifs is 1. The maximum atomic E-state index is 12.9. The number of anilines is 1. The molecule has 0 aliphatic carbocycles. The van der Waals surface area contributed by atoms with Crippen molar-refractivity contribution < 1.29 is 9.59 Å². The number of aromatic nitrogens is 3. The number of piperidine rings is 1. The number of carbonyl (C=O) groups excluding carboxylic acids is 2. The Labute approximate surface area is 149 Å². The Kier molecular flexibility index (Phi) is 5.57. The molecule has 26 heavy (non-hydrogen) atoms. The Balaban J connectivity index is 1.89. The smallest absolute Gasteiger partial charge is 0.280 e. The maximum Gasteiger partial charge on any atom is 0.280 e. The molecule has 0 spiro atoms. The lowest BCUT2D eigenvalue weighted by atomic mass is 10.1. The first-order valence-electron chi connectivity index (χ1n) is 8.77. The van der Waals surface area contributed by atoms with Crippen LogP contribution in [0.5, 0.6) is 0 Å². The number of hydrogen-bond acceptors (Lipinski definition) is 7. The van der Waals surface area contributed by atoms with Crippen molar-refractivity contribution in [2.24, 2.45) is 5.73 Å². The quantitative estimate of drug-likeness (QED) is 0.479. The van der Waals surface area contributed by atoms with Crippen molar-refractivity contribution in [3.05, 3.63) is 28.6 Å². The number of unbranched alkanes of at least 4 members (excludes halogenated alkanes) is 2. The highest BCUT2D eigenvalue weighted by atomic mass is 16.2. The van der Waals surface area contributed by atoms with Crippen LogP contribution in [0.4, 0.5) is 5.69 Å². The van der Waals surface area contributed by atoms with E-state index in [0.717, 1.165) is 23.9 Å². The summed E-state index contributed by atoms with van der Waals surface area (Å²) >= 11 is 0. The monoisotopic (exact) mass is 358 g/mol. The minimum absolute atomic E-state index is 0.170. The van der Waals surface area contributed by atoms with Gasteiger partial charge in [-0.15, -0.1) is 5.10 Å². The highest BCUT2D eigenvalue weighted by Gasteiger charge is 2.30. The molecule has 0 saturated carbocycles. The molecule has 2 amide bonds. The number of rotatable bonds is 7. The number of hydrogen-bond donors (Lipinski definition) is 3. The van der Waals surface area contributed by atoms with Gasteiger partial charge in [0.05, 0.1) is 5.39 Å². The van der Waals surface area contributed by atoms with Crippen LogP contribution in [0.1, 0.15) is 38.1 Å². The van der Waals surface area contributed by atoms with E-state index in [1.54, 1.807) is 12.1 Å². The van der Waals surface area contributed by atoms with Crippen molar-refractivity contribution in [1.82, 2.24) is 20.3 Å². The predicted octanol–water partition coefficient (Wildman–Crippen LogP) is 0.310. The summed E-state index contributed by atoms with van der Waals surface area (Å²) in [4.78, 5) is 36.3. The number of amides is 2. The molecule has 1 aliphatic rings. The van der Waals surface area contributed by atoms with Gasteiger partial charge < -0.3 is 11.1 Å². The van der Waals surface area contributed by atoms with Crippen molar-refractivity contribution in [3.63, 3.8) is 0 Å². The fraction of sp³-hybridized carbons (Fsp3) is 0.471. The van der Waals surface area contributed by atoms with Gasteiger partial charge in [0.25, 0.3) is 11.5 Å². The van der Waals surface area contributed by atoms with Gasteiger partial charge >= 0.3 is 0 Å². The molecule has 1 unspecified atom stereocenters. The molecule has 2 aromatic rings. The SMILES string of the molecule is NCCCCCNc1cccc2nnn(C3CCC(=O)NC3=O)c(=O)c12. The normalized spacial score (nSPS) is 17.3. The van der Waals surface area contributed by atoms with E-state index in [4.69, 9.17) is 5.73 Å². The summed E-state index contributed by atoms with van der Waals surface area (Å²) in [6.45, 7) is 1.37. The Morgan fingerprint density at radius 3 is 2.85 bits per heavy atom. The molecule has 0 radical (unpaired) electrons. The van der Waals surface area contributed by atoms with E-state index in [2.05, 4.69) is 20.9 Å². The number of nitrogens with one attached hydrogen (secondary N) is 2. The summed E-state index contributed by atoms with van der Waals surface area (Å²) in [5.74, 6) is -0.864. The third-order valence-corrected chi connectivity index (χ3v) is 4.41. The largest absolute Gasteiger partial charge is 0.384 e. The van der Waals surface area contributed by atoms with Gasteiger partial charge in [-0.2, -0.15) is 4.68 Å².